The fourth-order valence-electron chi connectivity index (χ4n) is 3.96. The van der Waals surface area contributed by atoms with Gasteiger partial charge in [-0.2, -0.15) is 0 Å². The number of hydrogen-bond acceptors (Lipinski definition) is 3. The van der Waals surface area contributed by atoms with E-state index in [4.69, 9.17) is 0 Å². The second-order valence-corrected chi connectivity index (χ2v) is 6.58. The minimum atomic E-state index is 0.276. The highest BCUT2D eigenvalue weighted by molar-refractivity contribution is 5.96. The molecule has 3 nitrogen and oxygen atoms in total. The lowest BCUT2D eigenvalue weighted by atomic mass is 9.84. The molecule has 0 N–H and O–H groups in total. The summed E-state index contributed by atoms with van der Waals surface area (Å²) in [6.07, 6.45) is 4.60. The van der Waals surface area contributed by atoms with Gasteiger partial charge in [0.15, 0.2) is 5.78 Å². The Labute approximate surface area is 127 Å². The summed E-state index contributed by atoms with van der Waals surface area (Å²) in [6.45, 7) is 4.50. The van der Waals surface area contributed by atoms with Gasteiger partial charge in [-0.1, -0.05) is 30.3 Å². The molecule has 2 fully saturated rings. The maximum atomic E-state index is 12.2. The molecule has 0 saturated carbocycles. The van der Waals surface area contributed by atoms with Crippen LogP contribution in [0.1, 0.15) is 36.0 Å². The second-order valence-electron chi connectivity index (χ2n) is 6.58. The van der Waals surface area contributed by atoms with Crippen molar-refractivity contribution in [3.8, 4) is 0 Å². The van der Waals surface area contributed by atoms with Gasteiger partial charge in [0.2, 0.25) is 0 Å². The Hall–Kier alpha value is -1.19. The van der Waals surface area contributed by atoms with Gasteiger partial charge in [0.25, 0.3) is 0 Å². The average Bonchev–Trinajstić information content (AvgIpc) is 2.53. The number of piperidine rings is 2. The summed E-state index contributed by atoms with van der Waals surface area (Å²) in [5.74, 6) is 1.09. The fraction of sp³-hybridized carbons (Fsp3) is 0.611. The molecule has 2 aliphatic rings. The quantitative estimate of drug-likeness (QED) is 0.795. The van der Waals surface area contributed by atoms with Gasteiger partial charge in [0.1, 0.15) is 0 Å². The third kappa shape index (κ3) is 3.53. The Morgan fingerprint density at radius 3 is 2.81 bits per heavy atom. The highest BCUT2D eigenvalue weighted by atomic mass is 16.1. The second kappa shape index (κ2) is 6.71. The van der Waals surface area contributed by atoms with Crippen LogP contribution in [0.25, 0.3) is 0 Å². The molecule has 3 heteroatoms. The number of carbonyl (C=O) groups is 1. The van der Waals surface area contributed by atoms with E-state index in [9.17, 15) is 4.79 Å². The SMILES string of the molecule is CN1CCCC2CN(CCC(=O)c3ccccc3)CCC21. The van der Waals surface area contributed by atoms with Crippen LogP contribution in [-0.2, 0) is 0 Å². The van der Waals surface area contributed by atoms with Gasteiger partial charge in [0.05, 0.1) is 0 Å². The first-order valence-electron chi connectivity index (χ1n) is 8.25. The van der Waals surface area contributed by atoms with Crippen molar-refractivity contribution in [2.45, 2.75) is 31.7 Å². The van der Waals surface area contributed by atoms with Gasteiger partial charge in [-0.15, -0.1) is 0 Å². The Morgan fingerprint density at radius 2 is 2.00 bits per heavy atom. The number of nitrogens with zero attached hydrogens (tertiary/aromatic N) is 2. The van der Waals surface area contributed by atoms with Crippen LogP contribution in [0.4, 0.5) is 0 Å². The minimum Gasteiger partial charge on any atom is -0.303 e. The maximum absolute atomic E-state index is 12.2. The van der Waals surface area contributed by atoms with Gasteiger partial charge in [0, 0.05) is 31.1 Å². The van der Waals surface area contributed by atoms with E-state index in [2.05, 4.69) is 16.8 Å². The summed E-state index contributed by atoms with van der Waals surface area (Å²) >= 11 is 0. The van der Waals surface area contributed by atoms with Crippen molar-refractivity contribution in [2.75, 3.05) is 33.2 Å². The molecule has 2 unspecified atom stereocenters. The van der Waals surface area contributed by atoms with Crippen molar-refractivity contribution < 1.29 is 4.79 Å². The summed E-state index contributed by atoms with van der Waals surface area (Å²) in [7, 11) is 2.27. The largest absolute Gasteiger partial charge is 0.303 e. The average molecular weight is 286 g/mol. The van der Waals surface area contributed by atoms with Crippen molar-refractivity contribution >= 4 is 5.78 Å². The molecule has 21 heavy (non-hydrogen) atoms. The normalized spacial score (nSPS) is 27.3. The lowest BCUT2D eigenvalue weighted by Gasteiger charge is -2.46. The molecule has 0 spiro atoms. The van der Waals surface area contributed by atoms with Crippen LogP contribution < -0.4 is 0 Å². The van der Waals surface area contributed by atoms with Crippen LogP contribution in [-0.4, -0.2) is 54.9 Å². The van der Waals surface area contributed by atoms with Crippen LogP contribution in [0, 0.1) is 5.92 Å². The van der Waals surface area contributed by atoms with E-state index in [0.717, 1.165) is 30.6 Å². The van der Waals surface area contributed by atoms with Crippen molar-refractivity contribution in [1.82, 2.24) is 9.80 Å². The summed E-state index contributed by atoms with van der Waals surface area (Å²) in [6, 6.07) is 10.5. The summed E-state index contributed by atoms with van der Waals surface area (Å²) in [4.78, 5) is 17.2. The van der Waals surface area contributed by atoms with Crippen LogP contribution in [0.5, 0.6) is 0 Å². The molecular weight excluding hydrogens is 260 g/mol. The van der Waals surface area contributed by atoms with Crippen LogP contribution in [0.3, 0.4) is 0 Å². The smallest absolute Gasteiger partial charge is 0.164 e. The maximum Gasteiger partial charge on any atom is 0.164 e. The predicted octanol–water partition coefficient (Wildman–Crippen LogP) is 2.68. The summed E-state index contributed by atoms with van der Waals surface area (Å²) in [5.41, 5.74) is 0.852. The Bertz CT molecular complexity index is 473. The molecule has 0 radical (unpaired) electrons. The summed E-state index contributed by atoms with van der Waals surface area (Å²) < 4.78 is 0. The van der Waals surface area contributed by atoms with Crippen molar-refractivity contribution in [3.05, 3.63) is 35.9 Å². The molecule has 2 aliphatic heterocycles. The highest BCUT2D eigenvalue weighted by Gasteiger charge is 2.33. The minimum absolute atomic E-state index is 0.276. The van der Waals surface area contributed by atoms with E-state index in [-0.39, 0.29) is 5.78 Å². The molecule has 1 aromatic rings. The Morgan fingerprint density at radius 1 is 1.19 bits per heavy atom. The Kier molecular flexibility index (Phi) is 4.71. The van der Waals surface area contributed by atoms with E-state index in [1.807, 2.05) is 30.3 Å². The molecule has 2 heterocycles. The van der Waals surface area contributed by atoms with Gasteiger partial charge in [-0.05, 0) is 45.3 Å². The Balaban J connectivity index is 1.49. The third-order valence-corrected chi connectivity index (χ3v) is 5.18. The molecule has 2 saturated heterocycles. The van der Waals surface area contributed by atoms with Crippen molar-refractivity contribution in [2.24, 2.45) is 5.92 Å². The van der Waals surface area contributed by atoms with E-state index in [0.29, 0.717) is 6.42 Å². The number of likely N-dealkylation sites (tertiary alicyclic amines) is 2. The zero-order valence-corrected chi connectivity index (χ0v) is 13.0. The first-order chi connectivity index (χ1) is 10.2. The van der Waals surface area contributed by atoms with Gasteiger partial charge >= 0.3 is 0 Å². The van der Waals surface area contributed by atoms with Gasteiger partial charge in [-0.25, -0.2) is 0 Å². The molecule has 114 valence electrons. The van der Waals surface area contributed by atoms with E-state index in [1.165, 1.54) is 32.4 Å². The van der Waals surface area contributed by atoms with Gasteiger partial charge < -0.3 is 9.80 Å². The number of ketones is 1. The number of rotatable bonds is 4. The predicted molar refractivity (Wildman–Crippen MR) is 85.6 cm³/mol. The molecule has 3 rings (SSSR count). The fourth-order valence-corrected chi connectivity index (χ4v) is 3.96. The van der Waals surface area contributed by atoms with Crippen molar-refractivity contribution in [1.29, 1.82) is 0 Å². The molecule has 0 aliphatic carbocycles. The lowest BCUT2D eigenvalue weighted by Crippen LogP contribution is -2.52. The monoisotopic (exact) mass is 286 g/mol. The number of carbonyl (C=O) groups excluding carboxylic acids is 1. The molecule has 0 amide bonds. The van der Waals surface area contributed by atoms with Gasteiger partial charge in [-0.3, -0.25) is 4.79 Å². The summed E-state index contributed by atoms with van der Waals surface area (Å²) in [5, 5.41) is 0. The molecular formula is C18H26N2O. The topological polar surface area (TPSA) is 23.6 Å². The third-order valence-electron chi connectivity index (χ3n) is 5.18. The van der Waals surface area contributed by atoms with Crippen LogP contribution >= 0.6 is 0 Å². The van der Waals surface area contributed by atoms with E-state index >= 15 is 0 Å². The van der Waals surface area contributed by atoms with Crippen LogP contribution in [0.15, 0.2) is 30.3 Å². The molecule has 0 bridgehead atoms. The highest BCUT2D eigenvalue weighted by Crippen LogP contribution is 2.29. The number of fused-ring (bicyclic) bond motifs is 1. The van der Waals surface area contributed by atoms with E-state index < -0.39 is 0 Å². The number of Topliss-reactive ketones (excluding diaryl/α,β-unsaturated/α-hetero) is 1. The van der Waals surface area contributed by atoms with Crippen LogP contribution in [0.2, 0.25) is 0 Å². The first-order valence-corrected chi connectivity index (χ1v) is 8.25. The first kappa shape index (κ1) is 14.7. The van der Waals surface area contributed by atoms with Crippen molar-refractivity contribution in [3.63, 3.8) is 0 Å². The molecule has 2 atom stereocenters. The zero-order chi connectivity index (χ0) is 14.7. The zero-order valence-electron chi connectivity index (χ0n) is 13.0. The standard InChI is InChI=1S/C18H26N2O/c1-19-11-5-8-16-14-20(12-9-17(16)19)13-10-18(21)15-6-3-2-4-7-15/h2-4,6-7,16-17H,5,8-14H2,1H3. The lowest BCUT2D eigenvalue weighted by molar-refractivity contribution is 0.0379. The molecule has 1 aromatic carbocycles. The number of benzene rings is 1. The van der Waals surface area contributed by atoms with E-state index in [1.54, 1.807) is 0 Å². The number of hydrogen-bond donors (Lipinski definition) is 0. The molecule has 0 aromatic heterocycles.